The zero-order chi connectivity index (χ0) is 24.9. The Morgan fingerprint density at radius 3 is 2.26 bits per heavy atom. The lowest BCUT2D eigenvalue weighted by atomic mass is 9.84. The van der Waals surface area contributed by atoms with Crippen molar-refractivity contribution >= 4 is 18.0 Å². The number of carbonyl (C=O) groups excluding carboxylic acids is 2. The molecule has 2 aliphatic rings. The molecule has 0 unspecified atom stereocenters. The molecule has 2 aromatic rings. The maximum Gasteiger partial charge on any atom is 0.407 e. The van der Waals surface area contributed by atoms with Crippen molar-refractivity contribution in [1.82, 2.24) is 10.6 Å². The molecule has 0 heterocycles. The minimum atomic E-state index is -1.02. The molecule has 1 saturated carbocycles. The summed E-state index contributed by atoms with van der Waals surface area (Å²) in [7, 11) is 0. The molecule has 1 fully saturated rings. The van der Waals surface area contributed by atoms with Crippen LogP contribution < -0.4 is 10.6 Å². The van der Waals surface area contributed by atoms with Crippen LogP contribution >= 0.6 is 0 Å². The molecule has 3 N–H and O–H groups in total. The number of rotatable bonds is 8. The van der Waals surface area contributed by atoms with E-state index in [2.05, 4.69) is 34.9 Å². The summed E-state index contributed by atoms with van der Waals surface area (Å²) >= 11 is 0. The number of hydrogen-bond acceptors (Lipinski definition) is 4. The van der Waals surface area contributed by atoms with E-state index >= 15 is 0 Å². The van der Waals surface area contributed by atoms with Crippen molar-refractivity contribution in [3.8, 4) is 11.1 Å². The molecule has 0 saturated heterocycles. The zero-order valence-electron chi connectivity index (χ0n) is 20.3. The van der Waals surface area contributed by atoms with Crippen LogP contribution in [-0.2, 0) is 14.3 Å². The van der Waals surface area contributed by atoms with Crippen LogP contribution in [0.3, 0.4) is 0 Å². The molecular formula is C28H34N2O5. The minimum Gasteiger partial charge on any atom is -0.480 e. The van der Waals surface area contributed by atoms with Gasteiger partial charge in [-0.3, -0.25) is 4.79 Å². The molecule has 7 nitrogen and oxygen atoms in total. The number of nitrogens with one attached hydrogen (secondary N) is 2. The number of carbonyl (C=O) groups is 3. The average Bonchev–Trinajstić information content (AvgIpc) is 3.19. The molecule has 2 aromatic carbocycles. The van der Waals surface area contributed by atoms with Gasteiger partial charge in [-0.25, -0.2) is 9.59 Å². The maximum absolute atomic E-state index is 12.8. The van der Waals surface area contributed by atoms with E-state index in [0.29, 0.717) is 19.3 Å². The van der Waals surface area contributed by atoms with Gasteiger partial charge in [0.1, 0.15) is 12.6 Å². The second-order valence-corrected chi connectivity index (χ2v) is 9.74. The van der Waals surface area contributed by atoms with E-state index in [9.17, 15) is 19.5 Å². The third kappa shape index (κ3) is 5.50. The second-order valence-electron chi connectivity index (χ2n) is 9.74. The zero-order valence-corrected chi connectivity index (χ0v) is 20.3. The van der Waals surface area contributed by atoms with Gasteiger partial charge in [-0.2, -0.15) is 0 Å². The molecule has 2 amide bonds. The van der Waals surface area contributed by atoms with Crippen LogP contribution in [0.4, 0.5) is 4.79 Å². The van der Waals surface area contributed by atoms with Gasteiger partial charge in [-0.05, 0) is 47.4 Å². The molecule has 4 rings (SSSR count). The minimum absolute atomic E-state index is 0.00783. The molecule has 0 bridgehead atoms. The van der Waals surface area contributed by atoms with Crippen LogP contribution in [0.2, 0.25) is 0 Å². The van der Waals surface area contributed by atoms with Crippen molar-refractivity contribution < 1.29 is 24.2 Å². The summed E-state index contributed by atoms with van der Waals surface area (Å²) in [6.07, 6.45) is 2.88. The summed E-state index contributed by atoms with van der Waals surface area (Å²) in [6.45, 7) is 3.97. The summed E-state index contributed by atoms with van der Waals surface area (Å²) in [5, 5.41) is 15.1. The van der Waals surface area contributed by atoms with Gasteiger partial charge in [0.15, 0.2) is 0 Å². The van der Waals surface area contributed by atoms with Gasteiger partial charge in [0.25, 0.3) is 0 Å². The van der Waals surface area contributed by atoms with Crippen molar-refractivity contribution in [2.24, 2.45) is 11.8 Å². The van der Waals surface area contributed by atoms with E-state index in [1.807, 2.05) is 38.1 Å². The SMILES string of the molecule is CC[C@H](C)[C@H](NC(=O)[C@@H]1CCC[C@@H](NC(=O)OCC2c3ccccc3-c3ccccc32)C1)C(=O)O. The number of benzene rings is 2. The van der Waals surface area contributed by atoms with Gasteiger partial charge >= 0.3 is 12.1 Å². The number of carboxylic acid groups (broad SMARTS) is 1. The van der Waals surface area contributed by atoms with E-state index < -0.39 is 18.1 Å². The Kier molecular flexibility index (Phi) is 7.73. The van der Waals surface area contributed by atoms with Crippen LogP contribution in [0.15, 0.2) is 48.5 Å². The van der Waals surface area contributed by atoms with Crippen LogP contribution in [0, 0.1) is 11.8 Å². The first-order chi connectivity index (χ1) is 16.9. The first-order valence-electron chi connectivity index (χ1n) is 12.5. The second kappa shape index (κ2) is 10.9. The van der Waals surface area contributed by atoms with Crippen LogP contribution in [0.5, 0.6) is 0 Å². The predicted molar refractivity (Wildman–Crippen MR) is 133 cm³/mol. The normalized spacial score (nSPS) is 20.7. The monoisotopic (exact) mass is 478 g/mol. The lowest BCUT2D eigenvalue weighted by molar-refractivity contribution is -0.144. The highest BCUT2D eigenvalue weighted by molar-refractivity contribution is 5.85. The molecule has 0 aromatic heterocycles. The Balaban J connectivity index is 1.32. The predicted octanol–water partition coefficient (Wildman–Crippen LogP) is 4.70. The molecule has 186 valence electrons. The molecule has 7 heteroatoms. The van der Waals surface area contributed by atoms with Crippen molar-refractivity contribution in [2.45, 2.75) is 64.0 Å². The molecule has 4 atom stereocenters. The third-order valence-electron chi connectivity index (χ3n) is 7.49. The van der Waals surface area contributed by atoms with Crippen LogP contribution in [-0.4, -0.2) is 41.8 Å². The van der Waals surface area contributed by atoms with Crippen molar-refractivity contribution in [3.63, 3.8) is 0 Å². The summed E-state index contributed by atoms with van der Waals surface area (Å²) < 4.78 is 5.65. The number of alkyl carbamates (subject to hydrolysis) is 1. The Bertz CT molecular complexity index is 1040. The molecular weight excluding hydrogens is 444 g/mol. The smallest absolute Gasteiger partial charge is 0.407 e. The Hall–Kier alpha value is -3.35. The third-order valence-corrected chi connectivity index (χ3v) is 7.49. The lowest BCUT2D eigenvalue weighted by Gasteiger charge is -2.30. The summed E-state index contributed by atoms with van der Waals surface area (Å²) in [5.74, 6) is -1.76. The van der Waals surface area contributed by atoms with E-state index in [-0.39, 0.29) is 36.3 Å². The van der Waals surface area contributed by atoms with E-state index in [4.69, 9.17) is 4.74 Å². The fraction of sp³-hybridized carbons (Fsp3) is 0.464. The highest BCUT2D eigenvalue weighted by atomic mass is 16.5. The van der Waals surface area contributed by atoms with Crippen LogP contribution in [0.25, 0.3) is 11.1 Å². The van der Waals surface area contributed by atoms with Gasteiger partial charge in [0.05, 0.1) is 0 Å². The number of fused-ring (bicyclic) bond motifs is 3. The summed E-state index contributed by atoms with van der Waals surface area (Å²) in [5.41, 5.74) is 4.67. The number of ether oxygens (including phenoxy) is 1. The number of carboxylic acids is 1. The standard InChI is InChI=1S/C28H34N2O5/c1-3-17(2)25(27(32)33)30-26(31)18-9-8-10-19(15-18)29-28(34)35-16-24-22-13-6-4-11-20(22)21-12-5-7-14-23(21)24/h4-7,11-14,17-19,24-25H,3,8-10,15-16H2,1-2H3,(H,29,34)(H,30,31)(H,32,33)/t17-,18+,19+,25-/m0/s1. The molecule has 2 aliphatic carbocycles. The Morgan fingerprint density at radius 2 is 1.66 bits per heavy atom. The highest BCUT2D eigenvalue weighted by Crippen LogP contribution is 2.44. The lowest BCUT2D eigenvalue weighted by Crippen LogP contribution is -2.49. The maximum atomic E-state index is 12.8. The van der Waals surface area contributed by atoms with Crippen molar-refractivity contribution in [3.05, 3.63) is 59.7 Å². The summed E-state index contributed by atoms with van der Waals surface area (Å²) in [6, 6.07) is 15.3. The van der Waals surface area contributed by atoms with E-state index in [0.717, 1.165) is 24.0 Å². The largest absolute Gasteiger partial charge is 0.480 e. The first-order valence-corrected chi connectivity index (χ1v) is 12.5. The highest BCUT2D eigenvalue weighted by Gasteiger charge is 2.33. The fourth-order valence-electron chi connectivity index (χ4n) is 5.32. The van der Waals surface area contributed by atoms with Gasteiger partial charge in [-0.1, -0.05) is 75.2 Å². The molecule has 35 heavy (non-hydrogen) atoms. The van der Waals surface area contributed by atoms with Gasteiger partial charge in [-0.15, -0.1) is 0 Å². The molecule has 0 aliphatic heterocycles. The van der Waals surface area contributed by atoms with Gasteiger partial charge in [0, 0.05) is 17.9 Å². The quantitative estimate of drug-likeness (QED) is 0.510. The van der Waals surface area contributed by atoms with E-state index in [1.165, 1.54) is 11.1 Å². The topological polar surface area (TPSA) is 105 Å². The van der Waals surface area contributed by atoms with Crippen molar-refractivity contribution in [2.75, 3.05) is 6.61 Å². The number of aliphatic carboxylic acids is 1. The van der Waals surface area contributed by atoms with Crippen LogP contribution in [0.1, 0.15) is 63.0 Å². The molecule has 0 spiro atoms. The van der Waals surface area contributed by atoms with Gasteiger partial charge < -0.3 is 20.5 Å². The van der Waals surface area contributed by atoms with Crippen molar-refractivity contribution in [1.29, 1.82) is 0 Å². The first kappa shape index (κ1) is 24.8. The fourth-order valence-corrected chi connectivity index (χ4v) is 5.32. The van der Waals surface area contributed by atoms with Gasteiger partial charge in [0.2, 0.25) is 5.91 Å². The Morgan fingerprint density at radius 1 is 1.03 bits per heavy atom. The van der Waals surface area contributed by atoms with E-state index in [1.54, 1.807) is 0 Å². The Labute approximate surface area is 206 Å². The number of amides is 2. The average molecular weight is 479 g/mol. The number of hydrogen-bond donors (Lipinski definition) is 3. The molecule has 0 radical (unpaired) electrons. The summed E-state index contributed by atoms with van der Waals surface area (Å²) in [4.78, 5) is 37.0.